The number of nitrogen functional groups attached to an aromatic ring is 1. The zero-order chi connectivity index (χ0) is 6.85. The van der Waals surface area contributed by atoms with Crippen LogP contribution in [0.4, 0.5) is 5.13 Å². The van der Waals surface area contributed by atoms with Crippen LogP contribution >= 0.6 is 11.3 Å². The Morgan fingerprint density at radius 2 is 2.44 bits per heavy atom. The van der Waals surface area contributed by atoms with E-state index in [1.807, 2.05) is 13.0 Å². The molecule has 0 aliphatic heterocycles. The van der Waals surface area contributed by atoms with Crippen molar-refractivity contribution < 1.29 is 0 Å². The molecule has 48 valence electrons. The summed E-state index contributed by atoms with van der Waals surface area (Å²) in [6.07, 6.45) is 1.95. The fraction of sp³-hybridized carbons (Fsp3) is 0.167. The van der Waals surface area contributed by atoms with Crippen LogP contribution in [0.1, 0.15) is 6.92 Å². The van der Waals surface area contributed by atoms with Crippen molar-refractivity contribution in [2.75, 3.05) is 5.73 Å². The summed E-state index contributed by atoms with van der Waals surface area (Å²) in [5, 5.41) is 1.37. The lowest BCUT2D eigenvalue weighted by Gasteiger charge is -1.68. The van der Waals surface area contributed by atoms with Gasteiger partial charge in [0.05, 0.1) is 9.88 Å². The topological polar surface area (TPSA) is 38.9 Å². The van der Waals surface area contributed by atoms with E-state index in [-0.39, 0.29) is 0 Å². The van der Waals surface area contributed by atoms with Gasteiger partial charge in [-0.1, -0.05) is 24.0 Å². The highest BCUT2D eigenvalue weighted by Gasteiger charge is 1.88. The molecule has 0 bridgehead atoms. The van der Waals surface area contributed by atoms with E-state index in [0.717, 1.165) is 9.88 Å². The number of nitrogens with two attached hydrogens (primary N) is 1. The van der Waals surface area contributed by atoms with Crippen LogP contribution < -0.4 is 15.6 Å². The van der Waals surface area contributed by atoms with Crippen LogP contribution in [-0.4, -0.2) is 4.98 Å². The summed E-state index contributed by atoms with van der Waals surface area (Å²) in [6, 6.07) is 0. The molecule has 0 fully saturated rings. The fourth-order valence-corrected chi connectivity index (χ4v) is 1.27. The quantitative estimate of drug-likeness (QED) is 0.548. The molecule has 1 aromatic heterocycles. The first-order valence-corrected chi connectivity index (χ1v) is 3.43. The zero-order valence-electron chi connectivity index (χ0n) is 5.22. The van der Waals surface area contributed by atoms with Crippen LogP contribution in [0.5, 0.6) is 0 Å². The van der Waals surface area contributed by atoms with E-state index in [0.29, 0.717) is 5.13 Å². The Morgan fingerprint density at radius 3 is 2.67 bits per heavy atom. The predicted octanol–water partition coefficient (Wildman–Crippen LogP) is -0.0640. The summed E-state index contributed by atoms with van der Waals surface area (Å²) in [4.78, 5) is 3.94. The molecular weight excluding hydrogens is 132 g/mol. The molecule has 1 rings (SSSR count). The minimum atomic E-state index is 0.591. The highest BCUT2D eigenvalue weighted by molar-refractivity contribution is 7.13. The second-order valence-electron chi connectivity index (χ2n) is 1.65. The van der Waals surface area contributed by atoms with Crippen LogP contribution in [0.25, 0.3) is 12.7 Å². The third-order valence-electron chi connectivity index (χ3n) is 1.01. The highest BCUT2D eigenvalue weighted by Crippen LogP contribution is 1.93. The van der Waals surface area contributed by atoms with Gasteiger partial charge < -0.3 is 5.73 Å². The molecule has 9 heavy (non-hydrogen) atoms. The minimum absolute atomic E-state index is 0.591. The van der Waals surface area contributed by atoms with Gasteiger partial charge in [0, 0.05) is 0 Å². The molecule has 0 aromatic carbocycles. The number of anilines is 1. The average molecular weight is 140 g/mol. The summed E-state index contributed by atoms with van der Waals surface area (Å²) < 4.78 is 1.06. The van der Waals surface area contributed by atoms with Crippen LogP contribution in [0.3, 0.4) is 0 Å². The second-order valence-corrected chi connectivity index (χ2v) is 2.71. The van der Waals surface area contributed by atoms with Crippen molar-refractivity contribution in [3.8, 4) is 0 Å². The molecule has 0 aliphatic carbocycles. The highest BCUT2D eigenvalue weighted by atomic mass is 32.1. The molecule has 0 radical (unpaired) electrons. The Hall–Kier alpha value is -0.830. The number of nitrogens with zero attached hydrogens (tertiary/aromatic N) is 1. The Labute approximate surface area is 57.3 Å². The van der Waals surface area contributed by atoms with Crippen LogP contribution in [-0.2, 0) is 0 Å². The smallest absolute Gasteiger partial charge is 0.181 e. The van der Waals surface area contributed by atoms with Gasteiger partial charge in [-0.3, -0.25) is 0 Å². The Morgan fingerprint density at radius 1 is 1.78 bits per heavy atom. The molecule has 3 heteroatoms. The Bertz CT molecular complexity index is 299. The first-order valence-electron chi connectivity index (χ1n) is 2.61. The SMILES string of the molecule is C=c1nc(N)s/c1=C/C. The van der Waals surface area contributed by atoms with Gasteiger partial charge in [0.1, 0.15) is 0 Å². The van der Waals surface area contributed by atoms with Crippen LogP contribution in [0.15, 0.2) is 0 Å². The minimum Gasteiger partial charge on any atom is -0.375 e. The van der Waals surface area contributed by atoms with E-state index in [1.165, 1.54) is 11.3 Å². The van der Waals surface area contributed by atoms with Gasteiger partial charge >= 0.3 is 0 Å². The molecule has 2 N–H and O–H groups in total. The first kappa shape index (κ1) is 6.29. The van der Waals surface area contributed by atoms with Crippen molar-refractivity contribution in [1.82, 2.24) is 4.98 Å². The first-order chi connectivity index (χ1) is 4.24. The molecule has 1 heterocycles. The van der Waals surface area contributed by atoms with Crippen LogP contribution in [0.2, 0.25) is 0 Å². The van der Waals surface area contributed by atoms with Gasteiger partial charge in [0.15, 0.2) is 5.13 Å². The summed E-state index contributed by atoms with van der Waals surface area (Å²) >= 11 is 1.46. The van der Waals surface area contributed by atoms with Crippen molar-refractivity contribution in [1.29, 1.82) is 0 Å². The summed E-state index contributed by atoms with van der Waals surface area (Å²) in [6.45, 7) is 5.65. The maximum absolute atomic E-state index is 5.40. The molecule has 0 spiro atoms. The van der Waals surface area contributed by atoms with Crippen molar-refractivity contribution in [2.45, 2.75) is 6.92 Å². The van der Waals surface area contributed by atoms with E-state index in [2.05, 4.69) is 11.6 Å². The summed E-state index contributed by atoms with van der Waals surface area (Å²) in [5.41, 5.74) is 5.40. The van der Waals surface area contributed by atoms with Crippen molar-refractivity contribution in [3.05, 3.63) is 9.88 Å². The van der Waals surface area contributed by atoms with Crippen molar-refractivity contribution in [3.63, 3.8) is 0 Å². The van der Waals surface area contributed by atoms with Gasteiger partial charge in [-0.05, 0) is 6.92 Å². The van der Waals surface area contributed by atoms with E-state index >= 15 is 0 Å². The molecule has 0 aliphatic rings. The van der Waals surface area contributed by atoms with Gasteiger partial charge in [0.25, 0.3) is 0 Å². The molecular formula is C6H8N2S. The standard InChI is InChI=1S/C6H8N2S/c1-3-5-4(2)8-6(7)9-5/h3H,2H2,1H3,(H2,7,8)/b5-3+. The third kappa shape index (κ3) is 1.10. The van der Waals surface area contributed by atoms with Gasteiger partial charge in [-0.15, -0.1) is 0 Å². The Kier molecular flexibility index (Phi) is 1.53. The van der Waals surface area contributed by atoms with Crippen molar-refractivity contribution in [2.24, 2.45) is 0 Å². The molecule has 0 unspecified atom stereocenters. The maximum atomic E-state index is 5.40. The van der Waals surface area contributed by atoms with Gasteiger partial charge in [0.2, 0.25) is 0 Å². The van der Waals surface area contributed by atoms with Gasteiger partial charge in [-0.25, -0.2) is 4.98 Å². The molecule has 0 saturated heterocycles. The number of thiazole rings is 1. The largest absolute Gasteiger partial charge is 0.375 e. The summed E-state index contributed by atoms with van der Waals surface area (Å²) in [5.74, 6) is 0. The van der Waals surface area contributed by atoms with Crippen molar-refractivity contribution >= 4 is 29.1 Å². The van der Waals surface area contributed by atoms with E-state index in [1.54, 1.807) is 0 Å². The molecule has 2 nitrogen and oxygen atoms in total. The fourth-order valence-electron chi connectivity index (χ4n) is 0.608. The monoisotopic (exact) mass is 140 g/mol. The van der Waals surface area contributed by atoms with Crippen LogP contribution in [0, 0.1) is 0 Å². The summed E-state index contributed by atoms with van der Waals surface area (Å²) in [7, 11) is 0. The number of rotatable bonds is 0. The van der Waals surface area contributed by atoms with E-state index < -0.39 is 0 Å². The lowest BCUT2D eigenvalue weighted by atomic mass is 10.6. The predicted molar refractivity (Wildman–Crippen MR) is 41.4 cm³/mol. The molecule has 0 amide bonds. The third-order valence-corrected chi connectivity index (χ3v) is 2.00. The normalized spacial score (nSPS) is 12.3. The number of aromatic nitrogens is 1. The lowest BCUT2D eigenvalue weighted by Crippen LogP contribution is -2.17. The molecule has 1 aromatic rings. The van der Waals surface area contributed by atoms with E-state index in [4.69, 9.17) is 5.73 Å². The molecule has 0 atom stereocenters. The molecule has 0 saturated carbocycles. The lowest BCUT2D eigenvalue weighted by molar-refractivity contribution is 1.33. The van der Waals surface area contributed by atoms with Gasteiger partial charge in [-0.2, -0.15) is 0 Å². The average Bonchev–Trinajstić information content (AvgIpc) is 2.10. The zero-order valence-corrected chi connectivity index (χ0v) is 6.03. The number of hydrogen-bond acceptors (Lipinski definition) is 3. The maximum Gasteiger partial charge on any atom is 0.181 e. The van der Waals surface area contributed by atoms with E-state index in [9.17, 15) is 0 Å². The second kappa shape index (κ2) is 2.19. The Balaban J connectivity index is 3.52. The number of hydrogen-bond donors (Lipinski definition) is 1.